The van der Waals surface area contributed by atoms with Gasteiger partial charge in [0.25, 0.3) is 0 Å². The molecule has 0 aromatic heterocycles. The van der Waals surface area contributed by atoms with Gasteiger partial charge in [-0.25, -0.2) is 0 Å². The topological polar surface area (TPSA) is 58.6 Å². The zero-order valence-corrected chi connectivity index (χ0v) is 10.7. The molecule has 1 amide bonds. The molecule has 0 aromatic carbocycles. The van der Waals surface area contributed by atoms with E-state index in [1.807, 2.05) is 11.8 Å². The maximum Gasteiger partial charge on any atom is 0.323 e. The predicted octanol–water partition coefficient (Wildman–Crippen LogP) is 0.252. The van der Waals surface area contributed by atoms with E-state index in [1.165, 1.54) is 0 Å². The number of hydrogen-bond acceptors (Lipinski definition) is 4. The van der Waals surface area contributed by atoms with Gasteiger partial charge in [0.05, 0.1) is 6.61 Å². The van der Waals surface area contributed by atoms with Gasteiger partial charge in [0, 0.05) is 19.5 Å². The van der Waals surface area contributed by atoms with Crippen LogP contribution in [0.4, 0.5) is 0 Å². The molecule has 0 saturated carbocycles. The monoisotopic (exact) mass is 230 g/mol. The van der Waals surface area contributed by atoms with Crippen molar-refractivity contribution in [3.8, 4) is 0 Å². The second-order valence-electron chi connectivity index (χ2n) is 3.88. The highest BCUT2D eigenvalue weighted by Crippen LogP contribution is 2.04. The maximum atomic E-state index is 11.4. The number of nitrogens with one attached hydrogen (secondary N) is 1. The summed E-state index contributed by atoms with van der Waals surface area (Å²) in [6.07, 6.45) is 0. The standard InChI is InChI=1S/C11H22N2O3/c1-6-16-11(15)9(3)13(5)7-8(2)10(14)12-4/h8-9H,6-7H2,1-5H3,(H,12,14). The second-order valence-corrected chi connectivity index (χ2v) is 3.88. The van der Waals surface area contributed by atoms with Crippen LogP contribution in [0.3, 0.4) is 0 Å². The van der Waals surface area contributed by atoms with Gasteiger partial charge >= 0.3 is 5.97 Å². The number of ether oxygens (including phenoxy) is 1. The van der Waals surface area contributed by atoms with Crippen LogP contribution in [-0.2, 0) is 14.3 Å². The van der Waals surface area contributed by atoms with Gasteiger partial charge in [-0.1, -0.05) is 6.92 Å². The Kier molecular flexibility index (Phi) is 6.72. The molecular formula is C11H22N2O3. The molecule has 0 aliphatic heterocycles. The summed E-state index contributed by atoms with van der Waals surface area (Å²) in [6, 6.07) is -0.327. The minimum atomic E-state index is -0.327. The number of hydrogen-bond donors (Lipinski definition) is 1. The van der Waals surface area contributed by atoms with Gasteiger partial charge in [-0.05, 0) is 20.9 Å². The molecule has 0 radical (unpaired) electrons. The fraction of sp³-hybridized carbons (Fsp3) is 0.818. The van der Waals surface area contributed by atoms with Crippen LogP contribution in [0.1, 0.15) is 20.8 Å². The Balaban J connectivity index is 4.18. The molecule has 0 saturated heterocycles. The highest BCUT2D eigenvalue weighted by atomic mass is 16.5. The minimum Gasteiger partial charge on any atom is -0.465 e. The Bertz CT molecular complexity index is 243. The Labute approximate surface area is 97.1 Å². The minimum absolute atomic E-state index is 0.0251. The third-order valence-electron chi connectivity index (χ3n) is 2.54. The van der Waals surface area contributed by atoms with E-state index in [2.05, 4.69) is 5.32 Å². The molecule has 5 nitrogen and oxygen atoms in total. The van der Waals surface area contributed by atoms with Gasteiger partial charge in [-0.3, -0.25) is 14.5 Å². The lowest BCUT2D eigenvalue weighted by atomic mass is 10.1. The van der Waals surface area contributed by atoms with E-state index in [-0.39, 0.29) is 23.8 Å². The second kappa shape index (κ2) is 7.22. The number of carbonyl (C=O) groups excluding carboxylic acids is 2. The highest BCUT2D eigenvalue weighted by molar-refractivity contribution is 5.78. The summed E-state index contributed by atoms with van der Waals surface area (Å²) < 4.78 is 4.91. The maximum absolute atomic E-state index is 11.4. The third-order valence-corrected chi connectivity index (χ3v) is 2.54. The van der Waals surface area contributed by atoms with E-state index in [0.717, 1.165) is 0 Å². The number of likely N-dealkylation sites (N-methyl/N-ethyl adjacent to an activating group) is 1. The molecule has 0 bridgehead atoms. The van der Waals surface area contributed by atoms with Crippen molar-refractivity contribution in [1.82, 2.24) is 10.2 Å². The number of rotatable bonds is 6. The molecule has 1 N–H and O–H groups in total. The van der Waals surface area contributed by atoms with Crippen LogP contribution in [0.2, 0.25) is 0 Å². The molecule has 0 aromatic rings. The fourth-order valence-corrected chi connectivity index (χ4v) is 1.36. The van der Waals surface area contributed by atoms with Crippen LogP contribution in [0.5, 0.6) is 0 Å². The first kappa shape index (κ1) is 14.9. The Hall–Kier alpha value is -1.10. The van der Waals surface area contributed by atoms with Gasteiger partial charge in [-0.15, -0.1) is 0 Å². The van der Waals surface area contributed by atoms with Crippen molar-refractivity contribution in [2.75, 3.05) is 27.2 Å². The number of esters is 1. The van der Waals surface area contributed by atoms with E-state index in [0.29, 0.717) is 13.2 Å². The zero-order valence-electron chi connectivity index (χ0n) is 10.7. The smallest absolute Gasteiger partial charge is 0.323 e. The average molecular weight is 230 g/mol. The fourth-order valence-electron chi connectivity index (χ4n) is 1.36. The SMILES string of the molecule is CCOC(=O)C(C)N(C)CC(C)C(=O)NC. The first-order valence-electron chi connectivity index (χ1n) is 5.52. The van der Waals surface area contributed by atoms with E-state index >= 15 is 0 Å². The lowest BCUT2D eigenvalue weighted by Gasteiger charge is -2.25. The van der Waals surface area contributed by atoms with Crippen LogP contribution in [0.25, 0.3) is 0 Å². The molecule has 2 atom stereocenters. The van der Waals surface area contributed by atoms with Crippen molar-refractivity contribution in [3.05, 3.63) is 0 Å². The first-order chi connectivity index (χ1) is 7.43. The van der Waals surface area contributed by atoms with Crippen molar-refractivity contribution in [2.24, 2.45) is 5.92 Å². The summed E-state index contributed by atoms with van der Waals surface area (Å²) in [5.74, 6) is -0.427. The molecule has 0 fully saturated rings. The quantitative estimate of drug-likeness (QED) is 0.665. The number of carbonyl (C=O) groups is 2. The van der Waals surface area contributed by atoms with E-state index < -0.39 is 0 Å². The van der Waals surface area contributed by atoms with Gasteiger partial charge in [0.15, 0.2) is 0 Å². The lowest BCUT2D eigenvalue weighted by molar-refractivity contribution is -0.149. The molecule has 0 heterocycles. The van der Waals surface area contributed by atoms with Crippen LogP contribution in [0.15, 0.2) is 0 Å². The van der Waals surface area contributed by atoms with Crippen molar-refractivity contribution in [1.29, 1.82) is 0 Å². The molecule has 0 rings (SSSR count). The van der Waals surface area contributed by atoms with Crippen LogP contribution in [0, 0.1) is 5.92 Å². The number of nitrogens with zero attached hydrogens (tertiary/aromatic N) is 1. The summed E-state index contributed by atoms with van der Waals surface area (Å²) in [5, 5.41) is 2.58. The van der Waals surface area contributed by atoms with Crippen molar-refractivity contribution >= 4 is 11.9 Å². The molecule has 94 valence electrons. The Morgan fingerprint density at radius 2 is 1.94 bits per heavy atom. The van der Waals surface area contributed by atoms with Gasteiger partial charge in [-0.2, -0.15) is 0 Å². The van der Waals surface area contributed by atoms with Gasteiger partial charge in [0.2, 0.25) is 5.91 Å². The normalized spacial score (nSPS) is 14.4. The van der Waals surface area contributed by atoms with E-state index in [1.54, 1.807) is 27.9 Å². The lowest BCUT2D eigenvalue weighted by Crippen LogP contribution is -2.42. The van der Waals surface area contributed by atoms with Crippen molar-refractivity contribution in [2.45, 2.75) is 26.8 Å². The summed E-state index contributed by atoms with van der Waals surface area (Å²) >= 11 is 0. The molecule has 0 spiro atoms. The van der Waals surface area contributed by atoms with Crippen LogP contribution < -0.4 is 5.32 Å². The van der Waals surface area contributed by atoms with E-state index in [4.69, 9.17) is 4.74 Å². The van der Waals surface area contributed by atoms with Gasteiger partial charge < -0.3 is 10.1 Å². The molecule has 0 aliphatic rings. The molecule has 5 heteroatoms. The third kappa shape index (κ3) is 4.61. The zero-order chi connectivity index (χ0) is 12.7. The summed E-state index contributed by atoms with van der Waals surface area (Å²) in [4.78, 5) is 24.6. The Morgan fingerprint density at radius 1 is 1.38 bits per heavy atom. The van der Waals surface area contributed by atoms with E-state index in [9.17, 15) is 9.59 Å². The Morgan fingerprint density at radius 3 is 2.38 bits per heavy atom. The molecule has 16 heavy (non-hydrogen) atoms. The summed E-state index contributed by atoms with van der Waals surface area (Å²) in [7, 11) is 3.41. The van der Waals surface area contributed by atoms with Gasteiger partial charge in [0.1, 0.15) is 6.04 Å². The molecule has 2 unspecified atom stereocenters. The average Bonchev–Trinajstić information content (AvgIpc) is 2.26. The van der Waals surface area contributed by atoms with Crippen molar-refractivity contribution < 1.29 is 14.3 Å². The van der Waals surface area contributed by atoms with Crippen LogP contribution >= 0.6 is 0 Å². The van der Waals surface area contributed by atoms with Crippen LogP contribution in [-0.4, -0.2) is 50.1 Å². The largest absolute Gasteiger partial charge is 0.465 e. The predicted molar refractivity (Wildman–Crippen MR) is 62.0 cm³/mol. The summed E-state index contributed by atoms with van der Waals surface area (Å²) in [6.45, 7) is 6.28. The first-order valence-corrected chi connectivity index (χ1v) is 5.52. The van der Waals surface area contributed by atoms with Crippen molar-refractivity contribution in [3.63, 3.8) is 0 Å². The molecular weight excluding hydrogens is 208 g/mol. The highest BCUT2D eigenvalue weighted by Gasteiger charge is 2.22. The molecule has 0 aliphatic carbocycles. The number of amides is 1. The summed E-state index contributed by atoms with van der Waals surface area (Å²) in [5.41, 5.74) is 0.